The van der Waals surface area contributed by atoms with Gasteiger partial charge < -0.3 is 10.0 Å². The third-order valence-corrected chi connectivity index (χ3v) is 3.31. The minimum Gasteiger partial charge on any atom is -0.481 e. The van der Waals surface area contributed by atoms with E-state index in [1.807, 2.05) is 0 Å². The SMILES string of the molecule is O=C(O)CC1CCN(C(=O)c2ccc(F)cn2)CC1. The fourth-order valence-corrected chi connectivity index (χ4v) is 2.25. The van der Waals surface area contributed by atoms with Gasteiger partial charge in [-0.15, -0.1) is 0 Å². The normalized spacial score (nSPS) is 16.4. The van der Waals surface area contributed by atoms with Crippen molar-refractivity contribution in [2.75, 3.05) is 13.1 Å². The van der Waals surface area contributed by atoms with Crippen molar-refractivity contribution < 1.29 is 19.1 Å². The number of pyridine rings is 1. The number of aromatic nitrogens is 1. The predicted octanol–water partition coefficient (Wildman–Crippen LogP) is 1.55. The number of hydrogen-bond acceptors (Lipinski definition) is 3. The van der Waals surface area contributed by atoms with E-state index >= 15 is 0 Å². The first kappa shape index (κ1) is 13.5. The molecule has 102 valence electrons. The van der Waals surface area contributed by atoms with Crippen LogP contribution in [0.4, 0.5) is 4.39 Å². The van der Waals surface area contributed by atoms with Crippen molar-refractivity contribution >= 4 is 11.9 Å². The lowest BCUT2D eigenvalue weighted by molar-refractivity contribution is -0.138. The first-order valence-corrected chi connectivity index (χ1v) is 6.19. The molecule has 1 aromatic rings. The maximum Gasteiger partial charge on any atom is 0.303 e. The number of amides is 1. The lowest BCUT2D eigenvalue weighted by Gasteiger charge is -2.31. The smallest absolute Gasteiger partial charge is 0.303 e. The van der Waals surface area contributed by atoms with Crippen molar-refractivity contribution in [2.45, 2.75) is 19.3 Å². The van der Waals surface area contributed by atoms with E-state index in [0.717, 1.165) is 6.20 Å². The second kappa shape index (κ2) is 5.77. The van der Waals surface area contributed by atoms with E-state index < -0.39 is 11.8 Å². The van der Waals surface area contributed by atoms with Gasteiger partial charge in [-0.25, -0.2) is 9.37 Å². The second-order valence-corrected chi connectivity index (χ2v) is 4.70. The Kier molecular flexibility index (Phi) is 4.09. The molecule has 1 aliphatic rings. The molecular weight excluding hydrogens is 251 g/mol. The Balaban J connectivity index is 1.92. The van der Waals surface area contributed by atoms with Crippen LogP contribution in [0.3, 0.4) is 0 Å². The Hall–Kier alpha value is -1.98. The summed E-state index contributed by atoms with van der Waals surface area (Å²) in [5, 5.41) is 8.72. The van der Waals surface area contributed by atoms with E-state index in [4.69, 9.17) is 5.11 Å². The van der Waals surface area contributed by atoms with E-state index in [-0.39, 0.29) is 23.9 Å². The number of nitrogens with zero attached hydrogens (tertiary/aromatic N) is 2. The third-order valence-electron chi connectivity index (χ3n) is 3.31. The van der Waals surface area contributed by atoms with Crippen molar-refractivity contribution in [3.05, 3.63) is 29.8 Å². The summed E-state index contributed by atoms with van der Waals surface area (Å²) in [5.74, 6) is -1.38. The molecule has 19 heavy (non-hydrogen) atoms. The summed E-state index contributed by atoms with van der Waals surface area (Å²) in [6, 6.07) is 2.57. The average molecular weight is 266 g/mol. The molecule has 6 heteroatoms. The van der Waals surface area contributed by atoms with Gasteiger partial charge in [0.15, 0.2) is 0 Å². The number of aliphatic carboxylic acids is 1. The van der Waals surface area contributed by atoms with E-state index in [0.29, 0.717) is 25.9 Å². The number of piperidine rings is 1. The number of carboxylic acids is 1. The molecule has 0 bridgehead atoms. The number of likely N-dealkylation sites (tertiary alicyclic amines) is 1. The molecule has 1 aliphatic heterocycles. The lowest BCUT2D eigenvalue weighted by atomic mass is 9.93. The quantitative estimate of drug-likeness (QED) is 0.901. The van der Waals surface area contributed by atoms with E-state index in [2.05, 4.69) is 4.98 Å². The highest BCUT2D eigenvalue weighted by Gasteiger charge is 2.25. The van der Waals surface area contributed by atoms with Gasteiger partial charge in [0.2, 0.25) is 0 Å². The van der Waals surface area contributed by atoms with Gasteiger partial charge in [-0.3, -0.25) is 9.59 Å². The summed E-state index contributed by atoms with van der Waals surface area (Å²) in [4.78, 5) is 28.1. The second-order valence-electron chi connectivity index (χ2n) is 4.70. The Morgan fingerprint density at radius 1 is 1.37 bits per heavy atom. The van der Waals surface area contributed by atoms with Gasteiger partial charge in [-0.2, -0.15) is 0 Å². The predicted molar refractivity (Wildman–Crippen MR) is 65.1 cm³/mol. The first-order chi connectivity index (χ1) is 9.06. The number of halogens is 1. The molecule has 2 rings (SSSR count). The third kappa shape index (κ3) is 3.49. The number of carbonyl (C=O) groups excluding carboxylic acids is 1. The molecule has 2 heterocycles. The van der Waals surface area contributed by atoms with E-state index in [9.17, 15) is 14.0 Å². The van der Waals surface area contributed by atoms with E-state index in [1.54, 1.807) is 4.90 Å². The largest absolute Gasteiger partial charge is 0.481 e. The van der Waals surface area contributed by atoms with Gasteiger partial charge in [-0.1, -0.05) is 0 Å². The summed E-state index contributed by atoms with van der Waals surface area (Å²) in [7, 11) is 0. The zero-order valence-corrected chi connectivity index (χ0v) is 10.4. The maximum atomic E-state index is 12.7. The van der Waals surface area contributed by atoms with Crippen LogP contribution in [0.15, 0.2) is 18.3 Å². The van der Waals surface area contributed by atoms with E-state index in [1.165, 1.54) is 12.1 Å². The fraction of sp³-hybridized carbons (Fsp3) is 0.462. The molecule has 0 spiro atoms. The molecule has 0 radical (unpaired) electrons. The minimum atomic E-state index is -0.801. The van der Waals surface area contributed by atoms with Crippen LogP contribution < -0.4 is 0 Å². The summed E-state index contributed by atoms with van der Waals surface area (Å²) in [5.41, 5.74) is 0.220. The molecule has 0 aromatic carbocycles. The molecule has 5 nitrogen and oxygen atoms in total. The Bertz CT molecular complexity index is 467. The van der Waals surface area contributed by atoms with Gasteiger partial charge in [0.05, 0.1) is 6.20 Å². The minimum absolute atomic E-state index is 0.128. The molecule has 1 fully saturated rings. The standard InChI is InChI=1S/C13H15FN2O3/c14-10-1-2-11(15-8-10)13(19)16-5-3-9(4-6-16)7-12(17)18/h1-2,8-9H,3-7H2,(H,17,18). The van der Waals surface area contributed by atoms with Crippen LogP contribution in [-0.4, -0.2) is 40.0 Å². The average Bonchev–Trinajstić information content (AvgIpc) is 2.39. The molecule has 1 aromatic heterocycles. The molecule has 0 aliphatic carbocycles. The molecule has 1 N–H and O–H groups in total. The van der Waals surface area contributed by atoms with Crippen LogP contribution in [0, 0.1) is 11.7 Å². The van der Waals surface area contributed by atoms with Gasteiger partial charge in [-0.05, 0) is 30.9 Å². The Morgan fingerprint density at radius 3 is 2.58 bits per heavy atom. The summed E-state index contributed by atoms with van der Waals surface area (Å²) in [6.45, 7) is 1.05. The van der Waals surface area contributed by atoms with Gasteiger partial charge in [0.1, 0.15) is 11.5 Å². The van der Waals surface area contributed by atoms with Crippen molar-refractivity contribution in [2.24, 2.45) is 5.92 Å². The topological polar surface area (TPSA) is 70.5 Å². The van der Waals surface area contributed by atoms with Gasteiger partial charge >= 0.3 is 5.97 Å². The van der Waals surface area contributed by atoms with Crippen molar-refractivity contribution in [3.63, 3.8) is 0 Å². The van der Waals surface area contributed by atoms with Crippen molar-refractivity contribution in [1.29, 1.82) is 0 Å². The molecule has 0 saturated carbocycles. The van der Waals surface area contributed by atoms with Crippen LogP contribution in [-0.2, 0) is 4.79 Å². The van der Waals surface area contributed by atoms with Gasteiger partial charge in [0.25, 0.3) is 5.91 Å². The molecule has 0 atom stereocenters. The highest BCUT2D eigenvalue weighted by atomic mass is 19.1. The zero-order chi connectivity index (χ0) is 13.8. The maximum absolute atomic E-state index is 12.7. The molecular formula is C13H15FN2O3. The van der Waals surface area contributed by atoms with Gasteiger partial charge in [0, 0.05) is 19.5 Å². The van der Waals surface area contributed by atoms with Crippen LogP contribution in [0.25, 0.3) is 0 Å². The zero-order valence-electron chi connectivity index (χ0n) is 10.4. The van der Waals surface area contributed by atoms with Crippen LogP contribution >= 0.6 is 0 Å². The number of hydrogen-bond donors (Lipinski definition) is 1. The number of carboxylic acid groups (broad SMARTS) is 1. The monoisotopic (exact) mass is 266 g/mol. The Morgan fingerprint density at radius 2 is 2.05 bits per heavy atom. The summed E-state index contributed by atoms with van der Waals surface area (Å²) >= 11 is 0. The summed E-state index contributed by atoms with van der Waals surface area (Å²) in [6.07, 6.45) is 2.53. The first-order valence-electron chi connectivity index (χ1n) is 6.19. The van der Waals surface area contributed by atoms with Crippen LogP contribution in [0.5, 0.6) is 0 Å². The molecule has 0 unspecified atom stereocenters. The number of rotatable bonds is 3. The number of carbonyl (C=O) groups is 2. The summed E-state index contributed by atoms with van der Waals surface area (Å²) < 4.78 is 12.7. The Labute approximate surface area is 110 Å². The highest BCUT2D eigenvalue weighted by molar-refractivity contribution is 5.92. The lowest BCUT2D eigenvalue weighted by Crippen LogP contribution is -2.39. The highest BCUT2D eigenvalue weighted by Crippen LogP contribution is 2.21. The van der Waals surface area contributed by atoms with Crippen LogP contribution in [0.1, 0.15) is 29.8 Å². The van der Waals surface area contributed by atoms with Crippen molar-refractivity contribution in [3.8, 4) is 0 Å². The van der Waals surface area contributed by atoms with Crippen molar-refractivity contribution in [1.82, 2.24) is 9.88 Å². The molecule has 1 saturated heterocycles. The fourth-order valence-electron chi connectivity index (χ4n) is 2.25. The van der Waals surface area contributed by atoms with Crippen LogP contribution in [0.2, 0.25) is 0 Å². The molecule has 1 amide bonds.